The molecule has 9 N–H and O–H groups in total. The van der Waals surface area contributed by atoms with Crippen molar-refractivity contribution in [3.8, 4) is 0 Å². The molecule has 0 spiro atoms. The van der Waals surface area contributed by atoms with Crippen LogP contribution < -0.4 is 42.4 Å². The first-order valence-corrected chi connectivity index (χ1v) is 36.1. The van der Waals surface area contributed by atoms with Gasteiger partial charge in [0, 0.05) is 65.0 Å². The highest BCUT2D eigenvalue weighted by atomic mass is 32.2. The number of nitrogens with zero attached hydrogens (tertiary/aromatic N) is 4. The number of amides is 12. The molecule has 0 bridgehead atoms. The smallest absolute Gasteiger partial charge is 0.312 e. The summed E-state index contributed by atoms with van der Waals surface area (Å²) in [7, 11) is 3.55. The van der Waals surface area contributed by atoms with Crippen molar-refractivity contribution in [2.24, 2.45) is 35.3 Å². The van der Waals surface area contributed by atoms with Crippen LogP contribution in [0.15, 0.2) is 71.6 Å². The normalized spacial score (nSPS) is 17.0. The van der Waals surface area contributed by atoms with Gasteiger partial charge in [-0.05, 0) is 93.3 Å². The number of hydrogen-bond donors (Lipinski definition) is 8. The van der Waals surface area contributed by atoms with Crippen molar-refractivity contribution in [2.75, 3.05) is 100.0 Å². The second kappa shape index (κ2) is 42.5. The van der Waals surface area contributed by atoms with Crippen molar-refractivity contribution in [1.82, 2.24) is 50.9 Å². The largest absolute Gasteiger partial charge is 0.379 e. The molecule has 564 valence electrons. The summed E-state index contributed by atoms with van der Waals surface area (Å²) in [5, 5.41) is 16.2. The zero-order valence-electron chi connectivity index (χ0n) is 61.1. The minimum Gasteiger partial charge on any atom is -0.379 e. The van der Waals surface area contributed by atoms with E-state index in [1.54, 1.807) is 68.0 Å². The number of nitrogens with two attached hydrogens (primary N) is 1. The van der Waals surface area contributed by atoms with Gasteiger partial charge in [0.25, 0.3) is 27.7 Å². The van der Waals surface area contributed by atoms with E-state index in [2.05, 4.69) is 36.6 Å². The molecule has 12 amide bonds. The predicted molar refractivity (Wildman–Crippen MR) is 376 cm³/mol. The molecule has 2 heterocycles. The van der Waals surface area contributed by atoms with Crippen LogP contribution in [-0.2, 0) is 88.1 Å². The summed E-state index contributed by atoms with van der Waals surface area (Å²) < 4.78 is 58.7. The van der Waals surface area contributed by atoms with Crippen molar-refractivity contribution < 1.29 is 84.8 Å². The van der Waals surface area contributed by atoms with Crippen LogP contribution in [0.5, 0.6) is 0 Å². The molecule has 31 heteroatoms. The highest BCUT2D eigenvalue weighted by Crippen LogP contribution is 2.30. The summed E-state index contributed by atoms with van der Waals surface area (Å²) >= 11 is 0. The predicted octanol–water partition coefficient (Wildman–Crippen LogP) is 2.24. The number of carbonyl (C=O) groups is 11. The summed E-state index contributed by atoms with van der Waals surface area (Å²) in [6.45, 7) is 18.0. The Morgan fingerprint density at radius 2 is 1.27 bits per heavy atom. The standard InChI is InChI=1S/C70H110N12O18S/c1-15-46(8)62(80(12)69(92)60(44(4)5)77-68(91)61(45(6)7)79(10)11)54(96-13)42-58(86)81-33-20-24-53(81)63(97-14)47(9)64(87)75-52(41-48-21-17-16-18-22-48)66(89)78-101(94,95)50-27-25-49(26-28-50)73-65(88)51(23-19-32-72-70(71)93)74-67(90)59(43(2)3)76-55(83)31-35-98-37-39-100-40-38-99-36-34-82-56(84)29-30-57(82)85/h16-18,21-22,25-30,43-47,51-54,59-63H,15,19-20,23-24,31-42H2,1-14H3,(H,73,88)(H,74,90)(H,75,87)(H,76,83)(H,77,91)(H,78,89)(H3,71,72,93)/t46-,47+,51?,52-,53-,54+,59-,60-,61-,62-,63+/m0/s1. The fourth-order valence-corrected chi connectivity index (χ4v) is 13.3. The van der Waals surface area contributed by atoms with Crippen LogP contribution in [0, 0.1) is 29.6 Å². The zero-order chi connectivity index (χ0) is 75.3. The van der Waals surface area contributed by atoms with Crippen molar-refractivity contribution in [1.29, 1.82) is 0 Å². The van der Waals surface area contributed by atoms with Gasteiger partial charge >= 0.3 is 6.03 Å². The van der Waals surface area contributed by atoms with Gasteiger partial charge in [-0.2, -0.15) is 0 Å². The molecule has 11 atom stereocenters. The topological polar surface area (TPSA) is 391 Å². The lowest BCUT2D eigenvalue weighted by atomic mass is 9.89. The van der Waals surface area contributed by atoms with Crippen molar-refractivity contribution >= 4 is 80.8 Å². The number of sulfonamides is 1. The number of methoxy groups -OCH3 is 2. The number of primary amides is 1. The number of rotatable bonds is 45. The second-order valence-electron chi connectivity index (χ2n) is 26.7. The maximum absolute atomic E-state index is 14.6. The highest BCUT2D eigenvalue weighted by Gasteiger charge is 2.44. The number of likely N-dealkylation sites (tertiary alicyclic amines) is 1. The van der Waals surface area contributed by atoms with E-state index in [-0.39, 0.29) is 131 Å². The number of likely N-dealkylation sites (N-methyl/N-ethyl adjacent to an activating group) is 2. The average Bonchev–Trinajstić information content (AvgIpc) is 1.18. The number of hydrogen-bond acceptors (Lipinski definition) is 19. The fraction of sp³-hybridized carbons (Fsp3) is 0.643. The second-order valence-corrected chi connectivity index (χ2v) is 28.4. The number of imide groups is 1. The Morgan fingerprint density at radius 3 is 1.82 bits per heavy atom. The number of nitrogens with one attached hydrogen (secondary N) is 7. The summed E-state index contributed by atoms with van der Waals surface area (Å²) in [6, 6.07) is 6.29. The Kier molecular flexibility index (Phi) is 35.9. The third-order valence-electron chi connectivity index (χ3n) is 18.0. The summed E-state index contributed by atoms with van der Waals surface area (Å²) in [4.78, 5) is 153. The fourth-order valence-electron chi connectivity index (χ4n) is 12.3. The first-order valence-electron chi connectivity index (χ1n) is 34.6. The van der Waals surface area contributed by atoms with E-state index in [0.717, 1.165) is 17.0 Å². The highest BCUT2D eigenvalue weighted by molar-refractivity contribution is 7.90. The van der Waals surface area contributed by atoms with E-state index < -0.39 is 124 Å². The molecule has 101 heavy (non-hydrogen) atoms. The Balaban J connectivity index is 1.41. The summed E-state index contributed by atoms with van der Waals surface area (Å²) in [5.41, 5.74) is 5.93. The van der Waals surface area contributed by atoms with E-state index in [1.807, 2.05) is 60.5 Å². The van der Waals surface area contributed by atoms with Crippen molar-refractivity contribution in [3.63, 3.8) is 0 Å². The van der Waals surface area contributed by atoms with E-state index in [1.165, 1.54) is 38.5 Å². The van der Waals surface area contributed by atoms with Gasteiger partial charge in [-0.25, -0.2) is 17.9 Å². The number of carbonyl (C=O) groups excluding carboxylic acids is 11. The lowest BCUT2D eigenvalue weighted by Crippen LogP contribution is -2.59. The van der Waals surface area contributed by atoms with Gasteiger partial charge in [0.05, 0.1) is 93.8 Å². The van der Waals surface area contributed by atoms with Gasteiger partial charge in [-0.3, -0.25) is 57.7 Å². The average molecular weight is 1440 g/mol. The maximum Gasteiger partial charge on any atom is 0.312 e. The summed E-state index contributed by atoms with van der Waals surface area (Å²) in [6.07, 6.45) is 2.17. The summed E-state index contributed by atoms with van der Waals surface area (Å²) in [5.74, 6) is -7.24. The molecule has 2 aliphatic heterocycles. The molecular formula is C70H110N12O18S. The minimum atomic E-state index is -4.66. The number of anilines is 1. The van der Waals surface area contributed by atoms with Gasteiger partial charge in [0.2, 0.25) is 41.4 Å². The third-order valence-corrected chi connectivity index (χ3v) is 19.3. The van der Waals surface area contributed by atoms with E-state index in [4.69, 9.17) is 29.4 Å². The molecule has 0 aliphatic carbocycles. The van der Waals surface area contributed by atoms with E-state index >= 15 is 0 Å². The Bertz CT molecular complexity index is 3190. The van der Waals surface area contributed by atoms with Crippen LogP contribution >= 0.6 is 0 Å². The van der Waals surface area contributed by atoms with Crippen molar-refractivity contribution in [3.05, 3.63) is 72.3 Å². The van der Waals surface area contributed by atoms with Crippen LogP contribution in [-0.4, -0.2) is 242 Å². The molecular weight excluding hydrogens is 1330 g/mol. The molecule has 1 saturated heterocycles. The zero-order valence-corrected chi connectivity index (χ0v) is 61.9. The van der Waals surface area contributed by atoms with Crippen molar-refractivity contribution in [2.45, 2.75) is 173 Å². The lowest BCUT2D eigenvalue weighted by molar-refractivity contribution is -0.148. The van der Waals surface area contributed by atoms with Crippen LogP contribution in [0.1, 0.15) is 113 Å². The molecule has 0 radical (unpaired) electrons. The molecule has 1 unspecified atom stereocenters. The number of urea groups is 1. The van der Waals surface area contributed by atoms with Crippen LogP contribution in [0.2, 0.25) is 0 Å². The molecule has 4 rings (SSSR count). The van der Waals surface area contributed by atoms with Gasteiger partial charge < -0.3 is 71.1 Å². The van der Waals surface area contributed by atoms with Gasteiger partial charge in [0.1, 0.15) is 24.2 Å². The number of benzene rings is 2. The molecule has 30 nitrogen and oxygen atoms in total. The lowest BCUT2D eigenvalue weighted by Gasteiger charge is -2.41. The molecule has 0 saturated carbocycles. The minimum absolute atomic E-state index is 0.00353. The molecule has 2 aromatic rings. The monoisotopic (exact) mass is 1440 g/mol. The Hall–Kier alpha value is -7.94. The Morgan fingerprint density at radius 1 is 0.673 bits per heavy atom. The van der Waals surface area contributed by atoms with Crippen LogP contribution in [0.25, 0.3) is 0 Å². The SMILES string of the molecule is CC[C@H](C)[C@@H]([C@@H](CC(=O)N1CCC[C@H]1[C@H](OC)[C@@H](C)C(=O)N[C@@H](Cc1ccccc1)C(=O)NS(=O)(=O)c1ccc(NC(=O)C(CCCNC(N)=O)NC(=O)[C@@H](NC(=O)CCOCCOCCOCCN2C(=O)C=CC2=O)C(C)C)cc1)OC)N(C)C(=O)[C@@H](NC(=O)[C@H](C(C)C)N(C)C)C(C)C. The van der Waals surface area contributed by atoms with Gasteiger partial charge in [-0.1, -0.05) is 99.1 Å². The number of ether oxygens (including phenoxy) is 5. The first-order chi connectivity index (χ1) is 47.8. The Labute approximate surface area is 594 Å². The van der Waals surface area contributed by atoms with Gasteiger partial charge in [0.15, 0.2) is 0 Å². The van der Waals surface area contributed by atoms with Crippen LogP contribution in [0.3, 0.4) is 0 Å². The first kappa shape index (κ1) is 85.5. The van der Waals surface area contributed by atoms with E-state index in [0.29, 0.717) is 31.4 Å². The van der Waals surface area contributed by atoms with Crippen LogP contribution in [0.4, 0.5) is 10.5 Å². The molecule has 2 aliphatic rings. The van der Waals surface area contributed by atoms with E-state index in [9.17, 15) is 61.2 Å². The molecule has 1 fully saturated rings. The maximum atomic E-state index is 14.6. The third kappa shape index (κ3) is 26.8. The quantitative estimate of drug-likeness (QED) is 0.0348. The molecule has 2 aromatic carbocycles. The van der Waals surface area contributed by atoms with Gasteiger partial charge in [-0.15, -0.1) is 0 Å². The molecule has 0 aromatic heterocycles.